The molecule has 0 unspecified atom stereocenters. The molecule has 0 aliphatic carbocycles. The number of tetrazole rings is 1. The lowest BCUT2D eigenvalue weighted by molar-refractivity contribution is -0.117. The van der Waals surface area contributed by atoms with Crippen LogP contribution in [0.4, 0.5) is 5.69 Å². The summed E-state index contributed by atoms with van der Waals surface area (Å²) in [6, 6.07) is 15.2. The number of benzene rings is 2. The molecule has 0 saturated heterocycles. The zero-order chi connectivity index (χ0) is 17.6. The molecular weight excluding hydrogens is 318 g/mol. The number of amides is 1. The molecule has 7 heteroatoms. The van der Waals surface area contributed by atoms with Gasteiger partial charge < -0.3 is 10.1 Å². The molecule has 0 saturated carbocycles. The minimum absolute atomic E-state index is 0.187. The van der Waals surface area contributed by atoms with Crippen molar-refractivity contribution in [2.45, 2.75) is 19.3 Å². The van der Waals surface area contributed by atoms with Crippen LogP contribution in [0.2, 0.25) is 0 Å². The summed E-state index contributed by atoms with van der Waals surface area (Å²) in [5.41, 5.74) is 2.86. The van der Waals surface area contributed by atoms with Gasteiger partial charge in [0.15, 0.2) is 5.82 Å². The van der Waals surface area contributed by atoms with Crippen molar-refractivity contribution in [2.24, 2.45) is 0 Å². The van der Waals surface area contributed by atoms with Crippen LogP contribution in [-0.2, 0) is 11.2 Å². The highest BCUT2D eigenvalue weighted by atomic mass is 16.5. The van der Waals surface area contributed by atoms with Gasteiger partial charge in [-0.05, 0) is 43.2 Å². The van der Waals surface area contributed by atoms with E-state index in [1.807, 2.05) is 31.2 Å². The number of hydrogen-bond acceptors (Lipinski definition) is 5. The fraction of sp³-hybridized carbons (Fsp3) is 0.222. The van der Waals surface area contributed by atoms with E-state index >= 15 is 0 Å². The highest BCUT2D eigenvalue weighted by Crippen LogP contribution is 2.21. The van der Waals surface area contributed by atoms with Crippen LogP contribution < -0.4 is 10.1 Å². The number of aromatic nitrogens is 4. The molecule has 25 heavy (non-hydrogen) atoms. The van der Waals surface area contributed by atoms with Crippen LogP contribution in [0.25, 0.3) is 0 Å². The summed E-state index contributed by atoms with van der Waals surface area (Å²) in [4.78, 5) is 12.8. The number of methoxy groups -OCH3 is 1. The van der Waals surface area contributed by atoms with Crippen molar-refractivity contribution in [2.75, 3.05) is 12.4 Å². The van der Waals surface area contributed by atoms with Gasteiger partial charge in [0.25, 0.3) is 0 Å². The van der Waals surface area contributed by atoms with E-state index in [1.165, 1.54) is 0 Å². The molecule has 0 aliphatic heterocycles. The molecule has 1 aromatic heterocycles. The van der Waals surface area contributed by atoms with E-state index < -0.39 is 5.92 Å². The molecule has 1 atom stereocenters. The van der Waals surface area contributed by atoms with Gasteiger partial charge in [0, 0.05) is 5.69 Å². The first-order chi connectivity index (χ1) is 12.2. The number of aromatic amines is 1. The van der Waals surface area contributed by atoms with Crippen molar-refractivity contribution >= 4 is 11.6 Å². The second-order valence-electron chi connectivity index (χ2n) is 5.73. The summed E-state index contributed by atoms with van der Waals surface area (Å²) >= 11 is 0. The lowest BCUT2D eigenvalue weighted by Gasteiger charge is -2.14. The Kier molecular flexibility index (Phi) is 5.03. The topological polar surface area (TPSA) is 92.8 Å². The summed E-state index contributed by atoms with van der Waals surface area (Å²) < 4.78 is 5.13. The predicted octanol–water partition coefficient (Wildman–Crippen LogP) is 2.48. The Hall–Kier alpha value is -3.22. The summed E-state index contributed by atoms with van der Waals surface area (Å²) in [5.74, 6) is 0.371. The summed E-state index contributed by atoms with van der Waals surface area (Å²) in [5, 5.41) is 16.9. The van der Waals surface area contributed by atoms with E-state index in [2.05, 4.69) is 25.9 Å². The fourth-order valence-electron chi connectivity index (χ4n) is 2.60. The zero-order valence-corrected chi connectivity index (χ0v) is 14.1. The third-order valence-corrected chi connectivity index (χ3v) is 3.87. The molecule has 0 fully saturated rings. The Bertz CT molecular complexity index is 831. The van der Waals surface area contributed by atoms with Crippen LogP contribution in [-0.4, -0.2) is 33.6 Å². The van der Waals surface area contributed by atoms with Crippen LogP contribution in [0, 0.1) is 6.92 Å². The van der Waals surface area contributed by atoms with Gasteiger partial charge in [-0.25, -0.2) is 0 Å². The molecular formula is C18H19N5O2. The van der Waals surface area contributed by atoms with E-state index in [9.17, 15) is 4.79 Å². The first-order valence-corrected chi connectivity index (χ1v) is 7.89. The molecule has 0 spiro atoms. The monoisotopic (exact) mass is 337 g/mol. The van der Waals surface area contributed by atoms with Gasteiger partial charge in [-0.1, -0.05) is 35.0 Å². The number of carbonyl (C=O) groups is 1. The van der Waals surface area contributed by atoms with Crippen molar-refractivity contribution in [1.29, 1.82) is 0 Å². The van der Waals surface area contributed by atoms with Gasteiger partial charge in [0.05, 0.1) is 7.11 Å². The Balaban J connectivity index is 1.79. The van der Waals surface area contributed by atoms with Crippen LogP contribution in [0.5, 0.6) is 5.75 Å². The molecule has 1 amide bonds. The van der Waals surface area contributed by atoms with Gasteiger partial charge in [-0.2, -0.15) is 5.21 Å². The molecule has 3 aromatic rings. The van der Waals surface area contributed by atoms with Crippen molar-refractivity contribution in [3.63, 3.8) is 0 Å². The lowest BCUT2D eigenvalue weighted by atomic mass is 9.96. The maximum absolute atomic E-state index is 12.8. The predicted molar refractivity (Wildman–Crippen MR) is 93.4 cm³/mol. The first kappa shape index (κ1) is 16.6. The quantitative estimate of drug-likeness (QED) is 0.721. The van der Waals surface area contributed by atoms with Crippen molar-refractivity contribution in [3.8, 4) is 5.75 Å². The number of nitrogens with zero attached hydrogens (tertiary/aromatic N) is 3. The van der Waals surface area contributed by atoms with Gasteiger partial charge in [-0.15, -0.1) is 10.2 Å². The largest absolute Gasteiger partial charge is 0.497 e. The summed E-state index contributed by atoms with van der Waals surface area (Å²) in [6.45, 7) is 2.02. The Labute approximate surface area is 145 Å². The second-order valence-corrected chi connectivity index (χ2v) is 5.73. The van der Waals surface area contributed by atoms with Crippen LogP contribution in [0.15, 0.2) is 48.5 Å². The standard InChI is InChI=1S/C18H19N5O2/c1-12-4-3-5-13(10-12)11-16(17-20-22-23-21-17)18(24)19-14-6-8-15(25-2)9-7-14/h3-10,16H,11H2,1-2H3,(H,19,24)(H,20,21,22,23)/t16-/m1/s1. The number of aryl methyl sites for hydroxylation is 1. The molecule has 0 radical (unpaired) electrons. The minimum Gasteiger partial charge on any atom is -0.497 e. The maximum Gasteiger partial charge on any atom is 0.235 e. The molecule has 2 N–H and O–H groups in total. The number of hydrogen-bond donors (Lipinski definition) is 2. The molecule has 7 nitrogen and oxygen atoms in total. The van der Waals surface area contributed by atoms with Gasteiger partial charge in [0.2, 0.25) is 5.91 Å². The highest BCUT2D eigenvalue weighted by molar-refractivity contribution is 5.95. The maximum atomic E-state index is 12.8. The normalized spacial score (nSPS) is 11.8. The number of anilines is 1. The average Bonchev–Trinajstić information content (AvgIpc) is 3.14. The third kappa shape index (κ3) is 4.20. The summed E-state index contributed by atoms with van der Waals surface area (Å²) in [6.07, 6.45) is 0.489. The molecule has 128 valence electrons. The SMILES string of the molecule is COc1ccc(NC(=O)[C@H](Cc2cccc(C)c2)c2nn[nH]n2)cc1. The Morgan fingerprint density at radius 2 is 2.04 bits per heavy atom. The van der Waals surface area contributed by atoms with Crippen LogP contribution in [0.3, 0.4) is 0 Å². The first-order valence-electron chi connectivity index (χ1n) is 7.89. The summed E-state index contributed by atoms with van der Waals surface area (Å²) in [7, 11) is 1.60. The van der Waals surface area contributed by atoms with E-state index in [1.54, 1.807) is 31.4 Å². The number of nitrogens with one attached hydrogen (secondary N) is 2. The van der Waals surface area contributed by atoms with Crippen LogP contribution >= 0.6 is 0 Å². The highest BCUT2D eigenvalue weighted by Gasteiger charge is 2.25. The Morgan fingerprint density at radius 3 is 2.68 bits per heavy atom. The van der Waals surface area contributed by atoms with Gasteiger partial charge in [-0.3, -0.25) is 4.79 Å². The van der Waals surface area contributed by atoms with Crippen LogP contribution in [0.1, 0.15) is 22.9 Å². The lowest BCUT2D eigenvalue weighted by Crippen LogP contribution is -2.24. The second kappa shape index (κ2) is 7.57. The number of ether oxygens (including phenoxy) is 1. The van der Waals surface area contributed by atoms with Crippen molar-refractivity contribution in [3.05, 3.63) is 65.5 Å². The van der Waals surface area contributed by atoms with Crippen molar-refractivity contribution in [1.82, 2.24) is 20.6 Å². The van der Waals surface area contributed by atoms with Gasteiger partial charge in [0.1, 0.15) is 11.7 Å². The fourth-order valence-corrected chi connectivity index (χ4v) is 2.60. The minimum atomic E-state index is -0.539. The van der Waals surface area contributed by atoms with E-state index in [4.69, 9.17) is 4.74 Å². The van der Waals surface area contributed by atoms with E-state index in [0.717, 1.165) is 16.9 Å². The average molecular weight is 337 g/mol. The molecule has 2 aromatic carbocycles. The van der Waals surface area contributed by atoms with E-state index in [0.29, 0.717) is 17.9 Å². The molecule has 0 aliphatic rings. The smallest absolute Gasteiger partial charge is 0.235 e. The number of H-pyrrole nitrogens is 1. The zero-order valence-electron chi connectivity index (χ0n) is 14.1. The van der Waals surface area contributed by atoms with Crippen molar-refractivity contribution < 1.29 is 9.53 Å². The number of carbonyl (C=O) groups excluding carboxylic acids is 1. The third-order valence-electron chi connectivity index (χ3n) is 3.87. The van der Waals surface area contributed by atoms with E-state index in [-0.39, 0.29) is 5.91 Å². The molecule has 1 heterocycles. The molecule has 3 rings (SSSR count). The molecule has 0 bridgehead atoms. The van der Waals surface area contributed by atoms with Gasteiger partial charge >= 0.3 is 0 Å². The Morgan fingerprint density at radius 1 is 1.24 bits per heavy atom. The number of rotatable bonds is 6.